The van der Waals surface area contributed by atoms with E-state index < -0.39 is 5.91 Å². The Hall–Kier alpha value is -1.70. The third-order valence-corrected chi connectivity index (χ3v) is 4.79. The molecule has 2 N–H and O–H groups in total. The van der Waals surface area contributed by atoms with Crippen LogP contribution in [-0.2, 0) is 11.2 Å². The van der Waals surface area contributed by atoms with Crippen LogP contribution in [0.3, 0.4) is 0 Å². The maximum atomic E-state index is 12.1. The van der Waals surface area contributed by atoms with Crippen molar-refractivity contribution >= 4 is 46.8 Å². The normalized spacial score (nSPS) is 10.5. The zero-order chi connectivity index (χ0) is 17.7. The number of halogens is 2. The third kappa shape index (κ3) is 4.66. The van der Waals surface area contributed by atoms with E-state index in [0.29, 0.717) is 38.4 Å². The molecule has 0 fully saturated rings. The molecule has 9 heteroatoms. The number of amides is 2. The van der Waals surface area contributed by atoms with Crippen LogP contribution in [0.5, 0.6) is 0 Å². The summed E-state index contributed by atoms with van der Waals surface area (Å²) in [5, 5.41) is 4.84. The first-order valence-corrected chi connectivity index (χ1v) is 8.78. The molecule has 1 aromatic carbocycles. The van der Waals surface area contributed by atoms with Crippen molar-refractivity contribution in [1.82, 2.24) is 16.0 Å². The highest BCUT2D eigenvalue weighted by Crippen LogP contribution is 2.29. The Morgan fingerprint density at radius 2 is 2.04 bits per heavy atom. The van der Waals surface area contributed by atoms with Gasteiger partial charge in [0.25, 0.3) is 5.91 Å². The SMILES string of the molecule is CCc1noc(C)c1C(=O)NNC(=O)CSc1cc(Cl)ccc1Cl. The molecule has 6 nitrogen and oxygen atoms in total. The molecular formula is C15H15Cl2N3O3S. The zero-order valence-electron chi connectivity index (χ0n) is 13.0. The number of benzene rings is 1. The molecule has 0 atom stereocenters. The molecule has 1 heterocycles. The number of hydrogen-bond acceptors (Lipinski definition) is 5. The van der Waals surface area contributed by atoms with E-state index in [1.165, 1.54) is 11.8 Å². The van der Waals surface area contributed by atoms with E-state index in [9.17, 15) is 9.59 Å². The smallest absolute Gasteiger partial charge is 0.275 e. The number of carbonyl (C=O) groups excluding carboxylic acids is 2. The first-order valence-electron chi connectivity index (χ1n) is 7.04. The second kappa shape index (κ2) is 8.41. The van der Waals surface area contributed by atoms with Crippen LogP contribution in [0, 0.1) is 6.92 Å². The van der Waals surface area contributed by atoms with Crippen LogP contribution in [0.4, 0.5) is 0 Å². The molecule has 0 bridgehead atoms. The van der Waals surface area contributed by atoms with Crippen molar-refractivity contribution in [2.45, 2.75) is 25.2 Å². The molecule has 24 heavy (non-hydrogen) atoms. The molecule has 2 amide bonds. The fourth-order valence-corrected chi connectivity index (χ4v) is 3.20. The lowest BCUT2D eigenvalue weighted by Crippen LogP contribution is -2.42. The van der Waals surface area contributed by atoms with Gasteiger partial charge < -0.3 is 4.52 Å². The summed E-state index contributed by atoms with van der Waals surface area (Å²) >= 11 is 13.1. The van der Waals surface area contributed by atoms with Gasteiger partial charge in [0, 0.05) is 9.92 Å². The number of hydrogen-bond donors (Lipinski definition) is 2. The van der Waals surface area contributed by atoms with Crippen molar-refractivity contribution in [1.29, 1.82) is 0 Å². The molecule has 0 aliphatic heterocycles. The van der Waals surface area contributed by atoms with E-state index in [2.05, 4.69) is 16.0 Å². The van der Waals surface area contributed by atoms with Crippen LogP contribution >= 0.6 is 35.0 Å². The van der Waals surface area contributed by atoms with E-state index in [4.69, 9.17) is 27.7 Å². The fraction of sp³-hybridized carbons (Fsp3) is 0.267. The third-order valence-electron chi connectivity index (χ3n) is 3.06. The van der Waals surface area contributed by atoms with Gasteiger partial charge in [0.05, 0.1) is 16.5 Å². The first kappa shape index (κ1) is 18.6. The zero-order valence-corrected chi connectivity index (χ0v) is 15.3. The summed E-state index contributed by atoms with van der Waals surface area (Å²) in [5.41, 5.74) is 5.58. The predicted molar refractivity (Wildman–Crippen MR) is 93.4 cm³/mol. The van der Waals surface area contributed by atoms with Crippen molar-refractivity contribution in [2.75, 3.05) is 5.75 Å². The molecular weight excluding hydrogens is 373 g/mol. The van der Waals surface area contributed by atoms with Crippen LogP contribution in [0.25, 0.3) is 0 Å². The van der Waals surface area contributed by atoms with Crippen molar-refractivity contribution in [2.24, 2.45) is 0 Å². The summed E-state index contributed by atoms with van der Waals surface area (Å²) in [6.45, 7) is 3.50. The molecule has 0 saturated carbocycles. The van der Waals surface area contributed by atoms with Crippen LogP contribution in [-0.4, -0.2) is 22.7 Å². The predicted octanol–water partition coefficient (Wildman–Crippen LogP) is 3.41. The lowest BCUT2D eigenvalue weighted by atomic mass is 10.1. The van der Waals surface area contributed by atoms with Gasteiger partial charge in [0.15, 0.2) is 0 Å². The minimum absolute atomic E-state index is 0.0730. The van der Waals surface area contributed by atoms with E-state index in [0.717, 1.165) is 0 Å². The Morgan fingerprint density at radius 1 is 1.29 bits per heavy atom. The maximum Gasteiger partial charge on any atom is 0.275 e. The summed E-state index contributed by atoms with van der Waals surface area (Å²) in [6, 6.07) is 5.00. The number of nitrogens with one attached hydrogen (secondary N) is 2. The summed E-state index contributed by atoms with van der Waals surface area (Å²) < 4.78 is 4.99. The number of hydrazine groups is 1. The number of rotatable bonds is 5. The monoisotopic (exact) mass is 387 g/mol. The van der Waals surface area contributed by atoms with Gasteiger partial charge in [-0.05, 0) is 31.5 Å². The molecule has 0 aliphatic carbocycles. The van der Waals surface area contributed by atoms with Gasteiger partial charge in [0.1, 0.15) is 11.3 Å². The average Bonchev–Trinajstić information content (AvgIpc) is 2.94. The standard InChI is InChI=1S/C15H15Cl2N3O3S/c1-3-11-14(8(2)23-20-11)15(22)19-18-13(21)7-24-12-6-9(16)4-5-10(12)17/h4-6H,3,7H2,1-2H3,(H,18,21)(H,19,22). The molecule has 0 aliphatic rings. The highest BCUT2D eigenvalue weighted by Gasteiger charge is 2.19. The number of aryl methyl sites for hydroxylation is 2. The van der Waals surface area contributed by atoms with Crippen LogP contribution in [0.15, 0.2) is 27.6 Å². The topological polar surface area (TPSA) is 84.2 Å². The number of carbonyl (C=O) groups is 2. The van der Waals surface area contributed by atoms with Crippen molar-refractivity contribution < 1.29 is 14.1 Å². The fourth-order valence-electron chi connectivity index (χ4n) is 1.91. The second-order valence-corrected chi connectivity index (χ2v) is 6.64. The summed E-state index contributed by atoms with van der Waals surface area (Å²) in [5.74, 6) is -0.371. The van der Waals surface area contributed by atoms with Crippen LogP contribution < -0.4 is 10.9 Å². The van der Waals surface area contributed by atoms with Gasteiger partial charge in [0.2, 0.25) is 5.91 Å². The van der Waals surface area contributed by atoms with Crippen LogP contribution in [0.2, 0.25) is 10.0 Å². The number of aromatic nitrogens is 1. The molecule has 0 radical (unpaired) electrons. The van der Waals surface area contributed by atoms with Gasteiger partial charge in [-0.1, -0.05) is 35.3 Å². The minimum atomic E-state index is -0.468. The largest absolute Gasteiger partial charge is 0.361 e. The summed E-state index contributed by atoms with van der Waals surface area (Å²) in [7, 11) is 0. The van der Waals surface area contributed by atoms with E-state index >= 15 is 0 Å². The quantitative estimate of drug-likeness (QED) is 0.606. The molecule has 2 rings (SSSR count). The Labute approximate surface area is 153 Å². The molecule has 0 saturated heterocycles. The Kier molecular flexibility index (Phi) is 6.53. The maximum absolute atomic E-state index is 12.1. The van der Waals surface area contributed by atoms with Crippen molar-refractivity contribution in [3.8, 4) is 0 Å². The Bertz CT molecular complexity index is 764. The summed E-state index contributed by atoms with van der Waals surface area (Å²) in [6.07, 6.45) is 0.553. The van der Waals surface area contributed by atoms with Gasteiger partial charge in [-0.3, -0.25) is 20.4 Å². The Balaban J connectivity index is 1.88. The van der Waals surface area contributed by atoms with Gasteiger partial charge in [-0.2, -0.15) is 0 Å². The van der Waals surface area contributed by atoms with Gasteiger partial charge >= 0.3 is 0 Å². The first-order chi connectivity index (χ1) is 11.4. The van der Waals surface area contributed by atoms with Crippen molar-refractivity contribution in [3.05, 3.63) is 45.3 Å². The number of nitrogens with zero attached hydrogens (tertiary/aromatic N) is 1. The molecule has 0 unspecified atom stereocenters. The summed E-state index contributed by atoms with van der Waals surface area (Å²) in [4.78, 5) is 24.7. The molecule has 0 spiro atoms. The lowest BCUT2D eigenvalue weighted by molar-refractivity contribution is -0.119. The Morgan fingerprint density at radius 3 is 2.75 bits per heavy atom. The average molecular weight is 388 g/mol. The van der Waals surface area contributed by atoms with Gasteiger partial charge in [-0.25, -0.2) is 0 Å². The van der Waals surface area contributed by atoms with E-state index in [-0.39, 0.29) is 11.7 Å². The molecule has 128 valence electrons. The van der Waals surface area contributed by atoms with E-state index in [1.807, 2.05) is 6.92 Å². The molecule has 2 aromatic rings. The number of thioether (sulfide) groups is 1. The van der Waals surface area contributed by atoms with Crippen LogP contribution in [0.1, 0.15) is 28.7 Å². The van der Waals surface area contributed by atoms with Gasteiger partial charge in [-0.15, -0.1) is 11.8 Å². The molecule has 1 aromatic heterocycles. The highest BCUT2D eigenvalue weighted by molar-refractivity contribution is 8.00. The van der Waals surface area contributed by atoms with Crippen molar-refractivity contribution in [3.63, 3.8) is 0 Å². The highest BCUT2D eigenvalue weighted by atomic mass is 35.5. The lowest BCUT2D eigenvalue weighted by Gasteiger charge is -2.08. The van der Waals surface area contributed by atoms with E-state index in [1.54, 1.807) is 25.1 Å². The second-order valence-electron chi connectivity index (χ2n) is 4.78. The minimum Gasteiger partial charge on any atom is -0.361 e.